The SMILES string of the molecule is CCc1cc(CC)n(-c2ccc(C(=O)O)c([N+](=O)[O-])c2)n1. The molecule has 2 rings (SSSR count). The molecule has 7 heteroatoms. The number of benzene rings is 1. The Morgan fingerprint density at radius 3 is 2.57 bits per heavy atom. The van der Waals surface area contributed by atoms with Crippen LogP contribution in [0.3, 0.4) is 0 Å². The number of nitrogens with zero attached hydrogens (tertiary/aromatic N) is 3. The molecule has 1 N–H and O–H groups in total. The fourth-order valence-electron chi connectivity index (χ4n) is 2.11. The highest BCUT2D eigenvalue weighted by Crippen LogP contribution is 2.24. The van der Waals surface area contributed by atoms with Crippen LogP contribution in [0.25, 0.3) is 5.69 Å². The van der Waals surface area contributed by atoms with Gasteiger partial charge in [0.25, 0.3) is 5.69 Å². The molecule has 1 aromatic heterocycles. The lowest BCUT2D eigenvalue weighted by Gasteiger charge is -2.07. The van der Waals surface area contributed by atoms with Crippen LogP contribution in [-0.2, 0) is 12.8 Å². The van der Waals surface area contributed by atoms with Gasteiger partial charge in [-0.05, 0) is 31.0 Å². The number of hydrogen-bond donors (Lipinski definition) is 1. The molecule has 0 saturated heterocycles. The highest BCUT2D eigenvalue weighted by molar-refractivity contribution is 5.92. The molecule has 2 aromatic rings. The lowest BCUT2D eigenvalue weighted by Crippen LogP contribution is -2.06. The van der Waals surface area contributed by atoms with Gasteiger partial charge in [0.1, 0.15) is 5.56 Å². The van der Waals surface area contributed by atoms with Gasteiger partial charge >= 0.3 is 5.97 Å². The molecular weight excluding hydrogens is 274 g/mol. The topological polar surface area (TPSA) is 98.3 Å². The minimum absolute atomic E-state index is 0.329. The number of aromatic carboxylic acids is 1. The summed E-state index contributed by atoms with van der Waals surface area (Å²) in [4.78, 5) is 21.4. The minimum Gasteiger partial charge on any atom is -0.477 e. The average molecular weight is 289 g/mol. The molecule has 0 radical (unpaired) electrons. The number of nitro benzene ring substituents is 1. The van der Waals surface area contributed by atoms with E-state index in [9.17, 15) is 14.9 Å². The number of rotatable bonds is 5. The van der Waals surface area contributed by atoms with Gasteiger partial charge in [0.15, 0.2) is 0 Å². The van der Waals surface area contributed by atoms with Crippen LogP contribution >= 0.6 is 0 Å². The normalized spacial score (nSPS) is 10.6. The second-order valence-electron chi connectivity index (χ2n) is 4.51. The largest absolute Gasteiger partial charge is 0.477 e. The van der Waals surface area contributed by atoms with E-state index in [0.29, 0.717) is 5.69 Å². The second-order valence-corrected chi connectivity index (χ2v) is 4.51. The number of aromatic nitrogens is 2. The van der Waals surface area contributed by atoms with E-state index < -0.39 is 16.6 Å². The number of carboxylic acids is 1. The van der Waals surface area contributed by atoms with Gasteiger partial charge < -0.3 is 5.11 Å². The van der Waals surface area contributed by atoms with Crippen LogP contribution in [0.2, 0.25) is 0 Å². The van der Waals surface area contributed by atoms with Crippen LogP contribution in [0.15, 0.2) is 24.3 Å². The van der Waals surface area contributed by atoms with Crippen molar-refractivity contribution in [1.82, 2.24) is 9.78 Å². The fraction of sp³-hybridized carbons (Fsp3) is 0.286. The molecule has 0 spiro atoms. The maximum absolute atomic E-state index is 11.0. The molecular formula is C14H15N3O4. The zero-order chi connectivity index (χ0) is 15.6. The molecule has 0 unspecified atom stereocenters. The number of hydrogen-bond acceptors (Lipinski definition) is 4. The Morgan fingerprint density at radius 1 is 1.33 bits per heavy atom. The molecule has 0 aliphatic carbocycles. The van der Waals surface area contributed by atoms with Gasteiger partial charge in [0.05, 0.1) is 16.3 Å². The maximum Gasteiger partial charge on any atom is 0.342 e. The molecule has 21 heavy (non-hydrogen) atoms. The highest BCUT2D eigenvalue weighted by atomic mass is 16.6. The van der Waals surface area contributed by atoms with Crippen molar-refractivity contribution in [3.63, 3.8) is 0 Å². The van der Waals surface area contributed by atoms with Crippen LogP contribution in [0.5, 0.6) is 0 Å². The van der Waals surface area contributed by atoms with Crippen LogP contribution in [0.4, 0.5) is 5.69 Å². The monoisotopic (exact) mass is 289 g/mol. The zero-order valence-corrected chi connectivity index (χ0v) is 11.7. The molecule has 0 aliphatic rings. The third-order valence-corrected chi connectivity index (χ3v) is 3.21. The van der Waals surface area contributed by atoms with E-state index in [0.717, 1.165) is 24.2 Å². The molecule has 0 bridgehead atoms. The summed E-state index contributed by atoms with van der Waals surface area (Å²) in [5.74, 6) is -1.32. The quantitative estimate of drug-likeness (QED) is 0.673. The average Bonchev–Trinajstić information content (AvgIpc) is 2.89. The lowest BCUT2D eigenvalue weighted by atomic mass is 10.1. The Morgan fingerprint density at radius 2 is 2.05 bits per heavy atom. The van der Waals surface area contributed by atoms with Crippen LogP contribution in [0.1, 0.15) is 35.6 Å². The van der Waals surface area contributed by atoms with Gasteiger partial charge in [-0.2, -0.15) is 5.10 Å². The Labute approximate surface area is 121 Å². The fourth-order valence-corrected chi connectivity index (χ4v) is 2.11. The van der Waals surface area contributed by atoms with Crippen LogP contribution in [-0.4, -0.2) is 25.8 Å². The zero-order valence-electron chi connectivity index (χ0n) is 11.7. The molecule has 0 atom stereocenters. The van der Waals surface area contributed by atoms with Crippen molar-refractivity contribution < 1.29 is 14.8 Å². The third kappa shape index (κ3) is 2.76. The summed E-state index contributed by atoms with van der Waals surface area (Å²) in [6, 6.07) is 5.95. The summed E-state index contributed by atoms with van der Waals surface area (Å²) in [5, 5.41) is 24.4. The van der Waals surface area contributed by atoms with Crippen molar-refractivity contribution in [2.75, 3.05) is 0 Å². The van der Waals surface area contributed by atoms with Crippen LogP contribution < -0.4 is 0 Å². The van der Waals surface area contributed by atoms with Gasteiger partial charge in [-0.25, -0.2) is 9.48 Å². The summed E-state index contributed by atoms with van der Waals surface area (Å²) in [7, 11) is 0. The molecule has 1 heterocycles. The smallest absolute Gasteiger partial charge is 0.342 e. The number of carboxylic acid groups (broad SMARTS) is 1. The van der Waals surface area contributed by atoms with Crippen molar-refractivity contribution in [2.24, 2.45) is 0 Å². The maximum atomic E-state index is 11.0. The van der Waals surface area contributed by atoms with Crippen molar-refractivity contribution >= 4 is 11.7 Å². The Hall–Kier alpha value is -2.70. The Kier molecular flexibility index (Phi) is 4.02. The first-order valence-electron chi connectivity index (χ1n) is 6.57. The van der Waals surface area contributed by atoms with Gasteiger partial charge in [-0.15, -0.1) is 0 Å². The first kappa shape index (κ1) is 14.7. The van der Waals surface area contributed by atoms with Crippen LogP contribution in [0, 0.1) is 10.1 Å². The standard InChI is InChI=1S/C14H15N3O4/c1-3-9-7-10(4-2)16(15-9)11-5-6-12(14(18)19)13(8-11)17(20)21/h5-8H,3-4H2,1-2H3,(H,18,19). The number of carbonyl (C=O) groups is 1. The second kappa shape index (κ2) is 5.74. The third-order valence-electron chi connectivity index (χ3n) is 3.21. The summed E-state index contributed by atoms with van der Waals surface area (Å²) in [6.07, 6.45) is 1.48. The molecule has 0 amide bonds. The molecule has 1 aromatic carbocycles. The Balaban J connectivity index is 2.60. The Bertz CT molecular complexity index is 706. The molecule has 0 aliphatic heterocycles. The number of nitro groups is 1. The summed E-state index contributed by atoms with van der Waals surface area (Å²) < 4.78 is 1.62. The van der Waals surface area contributed by atoms with Crippen molar-refractivity contribution in [3.8, 4) is 5.69 Å². The highest BCUT2D eigenvalue weighted by Gasteiger charge is 2.21. The molecule has 0 fully saturated rings. The summed E-state index contributed by atoms with van der Waals surface area (Å²) >= 11 is 0. The van der Waals surface area contributed by atoms with E-state index in [1.165, 1.54) is 18.2 Å². The first-order valence-corrected chi connectivity index (χ1v) is 6.57. The molecule has 110 valence electrons. The van der Waals surface area contributed by atoms with Crippen molar-refractivity contribution in [3.05, 3.63) is 51.3 Å². The summed E-state index contributed by atoms with van der Waals surface area (Å²) in [6.45, 7) is 3.94. The van der Waals surface area contributed by atoms with Gasteiger partial charge in [-0.3, -0.25) is 10.1 Å². The number of aryl methyl sites for hydroxylation is 2. The molecule has 0 saturated carbocycles. The van der Waals surface area contributed by atoms with Gasteiger partial charge in [-0.1, -0.05) is 13.8 Å². The predicted molar refractivity (Wildman–Crippen MR) is 75.9 cm³/mol. The van der Waals surface area contributed by atoms with E-state index in [4.69, 9.17) is 5.11 Å². The predicted octanol–water partition coefficient (Wildman–Crippen LogP) is 2.60. The first-order chi connectivity index (χ1) is 9.97. The summed E-state index contributed by atoms with van der Waals surface area (Å²) in [5.41, 5.74) is 1.53. The van der Waals surface area contributed by atoms with E-state index in [1.807, 2.05) is 19.9 Å². The van der Waals surface area contributed by atoms with Crippen molar-refractivity contribution in [1.29, 1.82) is 0 Å². The lowest BCUT2D eigenvalue weighted by molar-refractivity contribution is -0.385. The van der Waals surface area contributed by atoms with Crippen molar-refractivity contribution in [2.45, 2.75) is 26.7 Å². The molecule has 7 nitrogen and oxygen atoms in total. The van der Waals surface area contributed by atoms with E-state index >= 15 is 0 Å². The van der Waals surface area contributed by atoms with E-state index in [-0.39, 0.29) is 5.56 Å². The minimum atomic E-state index is -1.32. The van der Waals surface area contributed by atoms with Gasteiger partial charge in [0, 0.05) is 11.8 Å². The van der Waals surface area contributed by atoms with Gasteiger partial charge in [0.2, 0.25) is 0 Å². The van der Waals surface area contributed by atoms with E-state index in [1.54, 1.807) is 4.68 Å². The van der Waals surface area contributed by atoms with E-state index in [2.05, 4.69) is 5.10 Å².